The first-order valence-electron chi connectivity index (χ1n) is 17.5. The van der Waals surface area contributed by atoms with Crippen molar-refractivity contribution in [1.29, 1.82) is 0 Å². The predicted molar refractivity (Wildman–Crippen MR) is 192 cm³/mol. The topological polar surface area (TPSA) is 99.1 Å². The van der Waals surface area contributed by atoms with Gasteiger partial charge in [-0.1, -0.05) is 99.6 Å². The predicted octanol–water partition coefficient (Wildman–Crippen LogP) is 8.46. The quantitative estimate of drug-likeness (QED) is 0.0373. The SMILES string of the molecule is CC/C=C/C/C=C/C/C=C/CCCCCCC(=O)OC(COCCC(C(=O)O)[N+](C)(C)C)COC(=O)C/C=C/C/C=C/C/C=C/CC. The molecule has 0 bridgehead atoms. The Morgan fingerprint density at radius 3 is 1.74 bits per heavy atom. The number of esters is 2. The average molecular weight is 659 g/mol. The molecule has 0 rings (SSSR count). The highest BCUT2D eigenvalue weighted by Crippen LogP contribution is 2.11. The molecule has 0 amide bonds. The minimum Gasteiger partial charge on any atom is -0.477 e. The van der Waals surface area contributed by atoms with Crippen molar-refractivity contribution < 1.29 is 38.2 Å². The summed E-state index contributed by atoms with van der Waals surface area (Å²) in [4.78, 5) is 36.5. The summed E-state index contributed by atoms with van der Waals surface area (Å²) in [5.41, 5.74) is 0. The molecule has 47 heavy (non-hydrogen) atoms. The smallest absolute Gasteiger partial charge is 0.362 e. The van der Waals surface area contributed by atoms with Crippen LogP contribution < -0.4 is 0 Å². The lowest BCUT2D eigenvalue weighted by Gasteiger charge is -2.31. The fraction of sp³-hybridized carbons (Fsp3) is 0.615. The monoisotopic (exact) mass is 658 g/mol. The molecule has 2 atom stereocenters. The molecule has 0 aliphatic carbocycles. The van der Waals surface area contributed by atoms with E-state index in [4.69, 9.17) is 14.2 Å². The Labute approximate surface area is 285 Å². The van der Waals surface area contributed by atoms with Crippen molar-refractivity contribution in [2.75, 3.05) is 41.0 Å². The van der Waals surface area contributed by atoms with E-state index in [-0.39, 0.29) is 43.1 Å². The van der Waals surface area contributed by atoms with E-state index in [0.717, 1.165) is 70.6 Å². The number of aliphatic carboxylic acids is 1. The van der Waals surface area contributed by atoms with Crippen molar-refractivity contribution in [2.45, 2.75) is 116 Å². The van der Waals surface area contributed by atoms with Gasteiger partial charge in [0.1, 0.15) is 6.61 Å². The maximum absolute atomic E-state index is 12.6. The Morgan fingerprint density at radius 2 is 1.19 bits per heavy atom. The summed E-state index contributed by atoms with van der Waals surface area (Å²) in [7, 11) is 5.47. The number of carboxylic acid groups (broad SMARTS) is 1. The van der Waals surface area contributed by atoms with E-state index in [9.17, 15) is 19.5 Å². The van der Waals surface area contributed by atoms with Crippen LogP contribution in [0.4, 0.5) is 0 Å². The van der Waals surface area contributed by atoms with Gasteiger partial charge >= 0.3 is 17.9 Å². The maximum Gasteiger partial charge on any atom is 0.362 e. The molecular weight excluding hydrogens is 594 g/mol. The first-order chi connectivity index (χ1) is 22.6. The average Bonchev–Trinajstić information content (AvgIpc) is 3.01. The summed E-state index contributed by atoms with van der Waals surface area (Å²) in [6, 6.07) is -0.631. The Morgan fingerprint density at radius 1 is 0.660 bits per heavy atom. The third kappa shape index (κ3) is 28.7. The van der Waals surface area contributed by atoms with Gasteiger partial charge in [-0.25, -0.2) is 4.79 Å². The van der Waals surface area contributed by atoms with Gasteiger partial charge in [-0.05, 0) is 57.8 Å². The minimum absolute atomic E-state index is 0.0204. The van der Waals surface area contributed by atoms with E-state index in [1.807, 2.05) is 33.3 Å². The molecule has 0 fully saturated rings. The van der Waals surface area contributed by atoms with Crippen LogP contribution in [0, 0.1) is 0 Å². The number of quaternary nitrogens is 1. The Balaban J connectivity index is 4.60. The number of carboxylic acids is 1. The molecule has 0 aromatic rings. The van der Waals surface area contributed by atoms with Gasteiger partial charge in [0.2, 0.25) is 0 Å². The second-order valence-corrected chi connectivity index (χ2v) is 12.4. The van der Waals surface area contributed by atoms with Gasteiger partial charge in [-0.15, -0.1) is 0 Å². The normalized spacial score (nSPS) is 14.0. The number of nitrogens with zero attached hydrogens (tertiary/aromatic N) is 1. The van der Waals surface area contributed by atoms with E-state index in [1.165, 1.54) is 0 Å². The van der Waals surface area contributed by atoms with E-state index in [0.29, 0.717) is 6.42 Å². The number of ether oxygens (including phenoxy) is 3. The Bertz CT molecular complexity index is 1000. The van der Waals surface area contributed by atoms with Gasteiger partial charge in [-0.2, -0.15) is 0 Å². The third-order valence-electron chi connectivity index (χ3n) is 7.13. The number of allylic oxidation sites excluding steroid dienone is 11. The largest absolute Gasteiger partial charge is 0.477 e. The summed E-state index contributed by atoms with van der Waals surface area (Å²) in [6.07, 6.45) is 35.6. The second kappa shape index (κ2) is 30.1. The lowest BCUT2D eigenvalue weighted by molar-refractivity contribution is -0.887. The van der Waals surface area contributed by atoms with E-state index in [1.54, 1.807) is 6.08 Å². The first kappa shape index (κ1) is 43.8. The zero-order valence-electron chi connectivity index (χ0n) is 29.9. The van der Waals surface area contributed by atoms with Crippen LogP contribution >= 0.6 is 0 Å². The summed E-state index contributed by atoms with van der Waals surface area (Å²) < 4.78 is 17.0. The standard InChI is InChI=1S/C39H63NO7/c1-6-8-10-12-14-16-17-18-19-20-22-24-26-28-30-38(42)47-35(33-45-32-31-36(39(43)44)40(3,4)5)34-46-37(41)29-27-25-23-21-15-13-11-9-7-2/h8-11,14-16,18-19,21,25,27,35-36H,6-7,12-13,17,20,22-24,26,28-34H2,1-5H3/p+1/b10-8+,11-9+,16-14+,19-18+,21-15+,27-25+. The number of rotatable bonds is 29. The molecule has 8 heteroatoms. The summed E-state index contributed by atoms with van der Waals surface area (Å²) in [5, 5.41) is 9.55. The van der Waals surface area contributed by atoms with Crippen molar-refractivity contribution in [3.05, 3.63) is 72.9 Å². The molecule has 2 unspecified atom stereocenters. The number of carbonyl (C=O) groups is 3. The molecule has 0 saturated carbocycles. The second-order valence-electron chi connectivity index (χ2n) is 12.4. The minimum atomic E-state index is -0.894. The molecule has 0 spiro atoms. The van der Waals surface area contributed by atoms with Crippen LogP contribution in [-0.4, -0.2) is 80.6 Å². The molecule has 0 heterocycles. The van der Waals surface area contributed by atoms with E-state index >= 15 is 0 Å². The molecule has 266 valence electrons. The summed E-state index contributed by atoms with van der Waals surface area (Å²) in [5.74, 6) is -1.67. The van der Waals surface area contributed by atoms with Crippen molar-refractivity contribution in [3.8, 4) is 0 Å². The molecule has 0 radical (unpaired) electrons. The molecule has 8 nitrogen and oxygen atoms in total. The molecule has 1 N–H and O–H groups in total. The number of hydrogen-bond acceptors (Lipinski definition) is 6. The lowest BCUT2D eigenvalue weighted by Crippen LogP contribution is -2.50. The number of unbranched alkanes of at least 4 members (excludes halogenated alkanes) is 4. The first-order valence-corrected chi connectivity index (χ1v) is 17.5. The lowest BCUT2D eigenvalue weighted by atomic mass is 10.1. The highest BCUT2D eigenvalue weighted by atomic mass is 16.6. The van der Waals surface area contributed by atoms with Crippen molar-refractivity contribution in [1.82, 2.24) is 0 Å². The van der Waals surface area contributed by atoms with Crippen molar-refractivity contribution in [3.63, 3.8) is 0 Å². The van der Waals surface area contributed by atoms with Crippen molar-refractivity contribution >= 4 is 17.9 Å². The number of likely N-dealkylation sites (N-methyl/N-ethyl adjacent to an activating group) is 1. The van der Waals surface area contributed by atoms with Crippen LogP contribution in [0.2, 0.25) is 0 Å². The van der Waals surface area contributed by atoms with Gasteiger partial charge < -0.3 is 23.8 Å². The molecular formula is C39H64NO7+. The van der Waals surface area contributed by atoms with Gasteiger partial charge in [0, 0.05) is 12.8 Å². The third-order valence-corrected chi connectivity index (χ3v) is 7.13. The van der Waals surface area contributed by atoms with E-state index in [2.05, 4.69) is 68.5 Å². The fourth-order valence-electron chi connectivity index (χ4n) is 4.46. The van der Waals surface area contributed by atoms with Crippen LogP contribution in [0.15, 0.2) is 72.9 Å². The molecule has 0 aromatic carbocycles. The summed E-state index contributed by atoms with van der Waals surface area (Å²) in [6.45, 7) is 4.32. The zero-order chi connectivity index (χ0) is 35.0. The van der Waals surface area contributed by atoms with Gasteiger partial charge in [-0.3, -0.25) is 9.59 Å². The fourth-order valence-corrected chi connectivity index (χ4v) is 4.46. The number of carbonyl (C=O) groups excluding carboxylic acids is 2. The Kier molecular flexibility index (Phi) is 28.1. The maximum atomic E-state index is 12.6. The zero-order valence-corrected chi connectivity index (χ0v) is 29.9. The molecule has 0 aliphatic rings. The number of hydrogen-bond donors (Lipinski definition) is 1. The van der Waals surface area contributed by atoms with Gasteiger partial charge in [0.05, 0.1) is 40.8 Å². The summed E-state index contributed by atoms with van der Waals surface area (Å²) >= 11 is 0. The molecule has 0 aliphatic heterocycles. The van der Waals surface area contributed by atoms with Crippen LogP contribution in [0.3, 0.4) is 0 Å². The van der Waals surface area contributed by atoms with Crippen LogP contribution in [0.1, 0.15) is 104 Å². The molecule has 0 aromatic heterocycles. The van der Waals surface area contributed by atoms with Gasteiger partial charge in [0.25, 0.3) is 0 Å². The van der Waals surface area contributed by atoms with Gasteiger partial charge in [0.15, 0.2) is 12.1 Å². The molecule has 0 saturated heterocycles. The van der Waals surface area contributed by atoms with Crippen LogP contribution in [0.5, 0.6) is 0 Å². The highest BCUT2D eigenvalue weighted by Gasteiger charge is 2.31. The van der Waals surface area contributed by atoms with Crippen LogP contribution in [-0.2, 0) is 28.6 Å². The van der Waals surface area contributed by atoms with E-state index < -0.39 is 24.1 Å². The van der Waals surface area contributed by atoms with Crippen LogP contribution in [0.25, 0.3) is 0 Å². The Hall–Kier alpha value is -3.23. The van der Waals surface area contributed by atoms with Crippen molar-refractivity contribution in [2.24, 2.45) is 0 Å². The highest BCUT2D eigenvalue weighted by molar-refractivity contribution is 5.72.